The van der Waals surface area contributed by atoms with E-state index in [9.17, 15) is 4.79 Å². The van der Waals surface area contributed by atoms with Crippen LogP contribution in [0.1, 0.15) is 37.8 Å². The lowest BCUT2D eigenvalue weighted by Gasteiger charge is -2.36. The van der Waals surface area contributed by atoms with Crippen molar-refractivity contribution in [3.8, 4) is 11.1 Å². The summed E-state index contributed by atoms with van der Waals surface area (Å²) in [5.74, 6) is 1.58. The maximum absolute atomic E-state index is 12.5. The van der Waals surface area contributed by atoms with Crippen LogP contribution < -0.4 is 5.73 Å². The minimum Gasteiger partial charge on any atom is -0.518 e. The Morgan fingerprint density at radius 1 is 1.07 bits per heavy atom. The van der Waals surface area contributed by atoms with Gasteiger partial charge < -0.3 is 10.2 Å². The van der Waals surface area contributed by atoms with Gasteiger partial charge in [0.05, 0.1) is 0 Å². The zero-order chi connectivity index (χ0) is 20.5. The van der Waals surface area contributed by atoms with Crippen molar-refractivity contribution >= 4 is 26.0 Å². The molecule has 1 atom stereocenters. The van der Waals surface area contributed by atoms with Crippen LogP contribution in [0.4, 0.5) is 0 Å². The first-order valence-corrected chi connectivity index (χ1v) is 13.9. The molecule has 0 saturated heterocycles. The van der Waals surface area contributed by atoms with Crippen molar-refractivity contribution in [3.63, 3.8) is 0 Å². The molecule has 0 spiro atoms. The number of nitrogens with two attached hydrogens (primary N) is 1. The smallest absolute Gasteiger partial charge is 0.310 e. The van der Waals surface area contributed by atoms with E-state index < -0.39 is 14.4 Å². The molecule has 0 saturated carbocycles. The summed E-state index contributed by atoms with van der Waals surface area (Å²) in [5.41, 5.74) is 11.6. The van der Waals surface area contributed by atoms with E-state index in [1.807, 2.05) is 0 Å². The molecule has 0 bridgehead atoms. The van der Waals surface area contributed by atoms with Gasteiger partial charge in [0.2, 0.25) is 0 Å². The van der Waals surface area contributed by atoms with E-state index in [4.69, 9.17) is 10.2 Å². The Bertz CT molecular complexity index is 814. The molecule has 28 heavy (non-hydrogen) atoms. The number of carbonyl (C=O) groups is 1. The zero-order valence-corrected chi connectivity index (χ0v) is 19.3. The third kappa shape index (κ3) is 4.21. The third-order valence-corrected chi connectivity index (χ3v) is 11.5. The van der Waals surface area contributed by atoms with Crippen LogP contribution in [0.5, 0.6) is 0 Å². The highest BCUT2D eigenvalue weighted by Crippen LogP contribution is 2.45. The van der Waals surface area contributed by atoms with Crippen LogP contribution in [-0.2, 0) is 9.22 Å². The first-order chi connectivity index (χ1) is 13.1. The first-order valence-electron chi connectivity index (χ1n) is 9.86. The van der Waals surface area contributed by atoms with Crippen molar-refractivity contribution < 1.29 is 9.22 Å². The fourth-order valence-electron chi connectivity index (χ4n) is 3.30. The summed E-state index contributed by atoms with van der Waals surface area (Å²) >= 11 is 1.74. The largest absolute Gasteiger partial charge is 0.518 e. The number of hydrogen-bond acceptors (Lipinski definition) is 4. The molecule has 0 amide bonds. The van der Waals surface area contributed by atoms with Gasteiger partial charge in [-0.1, -0.05) is 69.3 Å². The topological polar surface area (TPSA) is 52.3 Å². The Kier molecular flexibility index (Phi) is 6.08. The highest BCUT2D eigenvalue weighted by atomic mass is 32.2. The molecule has 150 valence electrons. The molecule has 2 aromatic rings. The zero-order valence-electron chi connectivity index (χ0n) is 17.5. The summed E-state index contributed by atoms with van der Waals surface area (Å²) in [5, 5.41) is -0.00715. The monoisotopic (exact) mass is 413 g/mol. The molecule has 0 aliphatic heterocycles. The van der Waals surface area contributed by atoms with Gasteiger partial charge >= 0.3 is 5.97 Å². The van der Waals surface area contributed by atoms with E-state index in [2.05, 4.69) is 82.4 Å². The number of benzene rings is 2. The summed E-state index contributed by atoms with van der Waals surface area (Å²) in [6.07, 6.45) is 0. The average Bonchev–Trinajstić information content (AvgIpc) is 2.95. The Labute approximate surface area is 174 Å². The van der Waals surface area contributed by atoms with Gasteiger partial charge in [-0.3, -0.25) is 4.79 Å². The maximum Gasteiger partial charge on any atom is 0.310 e. The van der Waals surface area contributed by atoms with Crippen LogP contribution in [0.3, 0.4) is 0 Å². The van der Waals surface area contributed by atoms with Gasteiger partial charge in [0, 0.05) is 17.4 Å². The van der Waals surface area contributed by atoms with E-state index in [0.717, 1.165) is 5.75 Å². The fraction of sp³-hybridized carbons (Fsp3) is 0.435. The summed E-state index contributed by atoms with van der Waals surface area (Å²) in [7, 11) is -2.13. The highest BCUT2D eigenvalue weighted by Gasteiger charge is 2.41. The summed E-state index contributed by atoms with van der Waals surface area (Å²) in [4.78, 5) is 12.5. The predicted molar refractivity (Wildman–Crippen MR) is 122 cm³/mol. The van der Waals surface area contributed by atoms with Gasteiger partial charge in [0.25, 0.3) is 8.32 Å². The molecule has 0 fully saturated rings. The van der Waals surface area contributed by atoms with E-state index in [1.54, 1.807) is 11.8 Å². The van der Waals surface area contributed by atoms with E-state index in [0.29, 0.717) is 11.7 Å². The van der Waals surface area contributed by atoms with Crippen molar-refractivity contribution in [2.75, 3.05) is 11.5 Å². The van der Waals surface area contributed by atoms with Crippen LogP contribution in [0.15, 0.2) is 48.5 Å². The predicted octanol–water partition coefficient (Wildman–Crippen LogP) is 5.41. The molecule has 2 N–H and O–H groups in total. The number of hydrogen-bond donors (Lipinski definition) is 1. The second-order valence-electron chi connectivity index (χ2n) is 9.05. The minimum atomic E-state index is -2.13. The molecule has 3 rings (SSSR count). The van der Waals surface area contributed by atoms with Crippen LogP contribution in [0.2, 0.25) is 18.1 Å². The molecule has 0 heterocycles. The Morgan fingerprint density at radius 3 is 2.07 bits per heavy atom. The molecule has 3 nitrogen and oxygen atoms in total. The van der Waals surface area contributed by atoms with Crippen LogP contribution in [0, 0.1) is 0 Å². The van der Waals surface area contributed by atoms with Crippen molar-refractivity contribution in [3.05, 3.63) is 59.7 Å². The lowest BCUT2D eigenvalue weighted by Crippen LogP contribution is -2.47. The van der Waals surface area contributed by atoms with Gasteiger partial charge in [-0.15, -0.1) is 0 Å². The van der Waals surface area contributed by atoms with E-state index in [-0.39, 0.29) is 11.0 Å². The van der Waals surface area contributed by atoms with Crippen molar-refractivity contribution in [2.24, 2.45) is 5.73 Å². The Hall–Kier alpha value is -1.56. The molecule has 1 aliphatic rings. The van der Waals surface area contributed by atoms with E-state index in [1.165, 1.54) is 22.3 Å². The molecular formula is C23H31NO2SSi. The lowest BCUT2D eigenvalue weighted by molar-refractivity contribution is -0.136. The molecule has 2 aromatic carbocycles. The van der Waals surface area contributed by atoms with Crippen molar-refractivity contribution in [2.45, 2.75) is 50.9 Å². The van der Waals surface area contributed by atoms with Crippen LogP contribution >= 0.6 is 11.8 Å². The van der Waals surface area contributed by atoms with Crippen LogP contribution in [0.25, 0.3) is 11.1 Å². The molecule has 0 radical (unpaired) electrons. The fourth-order valence-corrected chi connectivity index (χ4v) is 5.38. The average molecular weight is 414 g/mol. The summed E-state index contributed by atoms with van der Waals surface area (Å²) < 4.78 is 5.86. The molecule has 1 aliphatic carbocycles. The van der Waals surface area contributed by atoms with Gasteiger partial charge in [0.15, 0.2) is 0 Å². The van der Waals surface area contributed by atoms with Crippen LogP contribution in [-0.4, -0.2) is 31.8 Å². The quantitative estimate of drug-likeness (QED) is 0.644. The molecule has 0 unspecified atom stereocenters. The number of fused-ring (bicyclic) bond motifs is 3. The lowest BCUT2D eigenvalue weighted by atomic mass is 9.99. The Balaban J connectivity index is 1.62. The van der Waals surface area contributed by atoms with Gasteiger partial charge in [-0.05, 0) is 40.4 Å². The summed E-state index contributed by atoms with van der Waals surface area (Å²) in [6, 6.07) is 16.6. The maximum atomic E-state index is 12.5. The van der Waals surface area contributed by atoms with Crippen molar-refractivity contribution in [1.29, 1.82) is 0 Å². The SMILES string of the molecule is CC(C)(C)[Si](C)(C)OC(=O)[C@@H](N)CSCC1c2ccccc2-c2ccccc21. The Morgan fingerprint density at radius 2 is 1.57 bits per heavy atom. The van der Waals surface area contributed by atoms with Gasteiger partial charge in [-0.25, -0.2) is 0 Å². The number of rotatable bonds is 6. The minimum absolute atomic E-state index is 0.00715. The second kappa shape index (κ2) is 8.05. The van der Waals surface area contributed by atoms with E-state index >= 15 is 0 Å². The highest BCUT2D eigenvalue weighted by molar-refractivity contribution is 7.99. The molecular weight excluding hydrogens is 382 g/mol. The molecule has 0 aromatic heterocycles. The molecule has 5 heteroatoms. The summed E-state index contributed by atoms with van der Waals surface area (Å²) in [6.45, 7) is 10.5. The third-order valence-electron chi connectivity index (χ3n) is 6.01. The van der Waals surface area contributed by atoms with Crippen molar-refractivity contribution in [1.82, 2.24) is 0 Å². The number of thioether (sulfide) groups is 1. The second-order valence-corrected chi connectivity index (χ2v) is 14.9. The van der Waals surface area contributed by atoms with Gasteiger partial charge in [-0.2, -0.15) is 11.8 Å². The van der Waals surface area contributed by atoms with Gasteiger partial charge in [0.1, 0.15) is 6.04 Å². The normalized spacial score (nSPS) is 15.1. The number of carbonyl (C=O) groups excluding carboxylic acids is 1. The standard InChI is InChI=1S/C23H31NO2SSi/c1-23(2,3)28(4,5)26-22(25)21(24)15-27-14-20-18-12-8-6-10-16(18)17-11-7-9-13-19(17)20/h6-13,20-21H,14-15,24H2,1-5H3/t21-/m0/s1. The first kappa shape index (κ1) is 21.2.